The lowest BCUT2D eigenvalue weighted by Gasteiger charge is -2.32. The molecule has 2 aromatic rings. The molecule has 0 radical (unpaired) electrons. The number of nitrogens with two attached hydrogens (primary N) is 1. The Hall–Kier alpha value is -2.43. The second kappa shape index (κ2) is 6.14. The van der Waals surface area contributed by atoms with E-state index in [9.17, 15) is 9.59 Å². The monoisotopic (exact) mass is 337 g/mol. The van der Waals surface area contributed by atoms with E-state index < -0.39 is 5.91 Å². The maximum Gasteiger partial charge on any atom is 0.250 e. The third-order valence-electron chi connectivity index (χ3n) is 5.64. The fourth-order valence-corrected chi connectivity index (χ4v) is 3.91. The van der Waals surface area contributed by atoms with Crippen LogP contribution in [0.15, 0.2) is 30.3 Å². The SMILES string of the molecule is C[C@H]1C[C@H]1C(=O)N1CCC(c2nc3ccccc3cc2C(N)=O)CC1. The summed E-state index contributed by atoms with van der Waals surface area (Å²) in [5.41, 5.74) is 7.79. The average Bonchev–Trinajstić information content (AvgIpc) is 3.36. The summed E-state index contributed by atoms with van der Waals surface area (Å²) in [6.07, 6.45) is 2.69. The van der Waals surface area contributed by atoms with E-state index in [4.69, 9.17) is 10.7 Å². The molecule has 130 valence electrons. The Morgan fingerprint density at radius 2 is 1.88 bits per heavy atom. The van der Waals surface area contributed by atoms with Crippen LogP contribution in [-0.2, 0) is 4.79 Å². The van der Waals surface area contributed by atoms with Gasteiger partial charge in [0.1, 0.15) is 0 Å². The normalized spacial score (nSPS) is 23.6. The lowest BCUT2D eigenvalue weighted by molar-refractivity contribution is -0.133. The largest absolute Gasteiger partial charge is 0.366 e. The van der Waals surface area contributed by atoms with Crippen molar-refractivity contribution in [1.29, 1.82) is 0 Å². The van der Waals surface area contributed by atoms with E-state index in [0.717, 1.165) is 48.9 Å². The van der Waals surface area contributed by atoms with E-state index in [1.807, 2.05) is 35.2 Å². The molecule has 2 amide bonds. The van der Waals surface area contributed by atoms with Crippen LogP contribution in [-0.4, -0.2) is 34.8 Å². The second-order valence-electron chi connectivity index (χ2n) is 7.40. The summed E-state index contributed by atoms with van der Waals surface area (Å²) in [4.78, 5) is 31.1. The van der Waals surface area contributed by atoms with Gasteiger partial charge in [-0.15, -0.1) is 0 Å². The molecule has 1 aliphatic heterocycles. The number of hydrogen-bond donors (Lipinski definition) is 1. The molecule has 1 saturated carbocycles. The lowest BCUT2D eigenvalue weighted by atomic mass is 9.89. The topological polar surface area (TPSA) is 76.3 Å². The molecular weight excluding hydrogens is 314 g/mol. The summed E-state index contributed by atoms with van der Waals surface area (Å²) < 4.78 is 0. The van der Waals surface area contributed by atoms with Gasteiger partial charge in [0, 0.05) is 30.3 Å². The summed E-state index contributed by atoms with van der Waals surface area (Å²) in [5.74, 6) is 0.809. The summed E-state index contributed by atoms with van der Waals surface area (Å²) in [5, 5.41) is 0.926. The van der Waals surface area contributed by atoms with Crippen LogP contribution in [0.2, 0.25) is 0 Å². The Bertz CT molecular complexity index is 840. The van der Waals surface area contributed by atoms with Gasteiger partial charge in [-0.3, -0.25) is 14.6 Å². The van der Waals surface area contributed by atoms with E-state index in [1.54, 1.807) is 0 Å². The molecule has 0 bridgehead atoms. The number of carbonyl (C=O) groups excluding carboxylic acids is 2. The third kappa shape index (κ3) is 2.99. The smallest absolute Gasteiger partial charge is 0.250 e. The van der Waals surface area contributed by atoms with Crippen molar-refractivity contribution in [3.05, 3.63) is 41.6 Å². The molecule has 2 heterocycles. The van der Waals surface area contributed by atoms with Gasteiger partial charge in [-0.25, -0.2) is 0 Å². The van der Waals surface area contributed by atoms with Gasteiger partial charge in [0.2, 0.25) is 5.91 Å². The van der Waals surface area contributed by atoms with Crippen LogP contribution in [0.1, 0.15) is 48.2 Å². The Labute approximate surface area is 147 Å². The number of nitrogens with zero attached hydrogens (tertiary/aromatic N) is 2. The van der Waals surface area contributed by atoms with Crippen molar-refractivity contribution in [3.8, 4) is 0 Å². The van der Waals surface area contributed by atoms with Crippen molar-refractivity contribution in [2.45, 2.75) is 32.1 Å². The number of amides is 2. The number of fused-ring (bicyclic) bond motifs is 1. The fraction of sp³-hybridized carbons (Fsp3) is 0.450. The van der Waals surface area contributed by atoms with E-state index in [-0.39, 0.29) is 11.8 Å². The van der Waals surface area contributed by atoms with E-state index in [2.05, 4.69) is 6.92 Å². The Balaban J connectivity index is 1.57. The predicted octanol–water partition coefficient (Wildman–Crippen LogP) is 2.70. The number of para-hydroxylation sites is 1. The molecule has 2 fully saturated rings. The summed E-state index contributed by atoms with van der Waals surface area (Å²) in [7, 11) is 0. The van der Waals surface area contributed by atoms with Crippen molar-refractivity contribution in [2.75, 3.05) is 13.1 Å². The molecular formula is C20H23N3O2. The molecule has 0 unspecified atom stereocenters. The van der Waals surface area contributed by atoms with Gasteiger partial charge in [0.15, 0.2) is 0 Å². The molecule has 5 heteroatoms. The van der Waals surface area contributed by atoms with Crippen molar-refractivity contribution < 1.29 is 9.59 Å². The van der Waals surface area contributed by atoms with Crippen molar-refractivity contribution in [3.63, 3.8) is 0 Å². The molecule has 25 heavy (non-hydrogen) atoms. The van der Waals surface area contributed by atoms with Crippen LogP contribution in [0.5, 0.6) is 0 Å². The van der Waals surface area contributed by atoms with Gasteiger partial charge in [-0.05, 0) is 37.3 Å². The zero-order valence-electron chi connectivity index (χ0n) is 14.4. The molecule has 1 aliphatic carbocycles. The number of hydrogen-bond acceptors (Lipinski definition) is 3. The third-order valence-corrected chi connectivity index (χ3v) is 5.64. The van der Waals surface area contributed by atoms with Crippen LogP contribution < -0.4 is 5.73 Å². The minimum Gasteiger partial charge on any atom is -0.366 e. The lowest BCUT2D eigenvalue weighted by Crippen LogP contribution is -2.39. The maximum atomic E-state index is 12.4. The highest BCUT2D eigenvalue weighted by molar-refractivity contribution is 5.97. The number of rotatable bonds is 3. The first kappa shape index (κ1) is 16.1. The number of piperidine rings is 1. The van der Waals surface area contributed by atoms with Crippen molar-refractivity contribution >= 4 is 22.7 Å². The number of benzene rings is 1. The number of pyridine rings is 1. The van der Waals surface area contributed by atoms with Gasteiger partial charge >= 0.3 is 0 Å². The Morgan fingerprint density at radius 1 is 1.20 bits per heavy atom. The van der Waals surface area contributed by atoms with Crippen molar-refractivity contribution in [1.82, 2.24) is 9.88 Å². The highest BCUT2D eigenvalue weighted by Gasteiger charge is 2.42. The predicted molar refractivity (Wildman–Crippen MR) is 96.1 cm³/mol. The number of likely N-dealkylation sites (tertiary alicyclic amines) is 1. The van der Waals surface area contributed by atoms with Crippen LogP contribution in [0.4, 0.5) is 0 Å². The standard InChI is InChI=1S/C20H23N3O2/c1-12-10-15(12)20(25)23-8-6-13(7-9-23)18-16(19(21)24)11-14-4-2-3-5-17(14)22-18/h2-5,11-13,15H,6-10H2,1H3,(H2,21,24)/t12-,15+/m0/s1. The van der Waals surface area contributed by atoms with Crippen LogP contribution >= 0.6 is 0 Å². The molecule has 1 aromatic carbocycles. The molecule has 2 N–H and O–H groups in total. The van der Waals surface area contributed by atoms with Gasteiger partial charge in [-0.2, -0.15) is 0 Å². The van der Waals surface area contributed by atoms with Gasteiger partial charge in [0.25, 0.3) is 5.91 Å². The van der Waals surface area contributed by atoms with E-state index >= 15 is 0 Å². The quantitative estimate of drug-likeness (QED) is 0.935. The van der Waals surface area contributed by atoms with Gasteiger partial charge < -0.3 is 10.6 Å². The molecule has 2 aliphatic rings. The van der Waals surface area contributed by atoms with Gasteiger partial charge in [-0.1, -0.05) is 25.1 Å². The highest BCUT2D eigenvalue weighted by atomic mass is 16.2. The molecule has 2 atom stereocenters. The van der Waals surface area contributed by atoms with Crippen molar-refractivity contribution in [2.24, 2.45) is 17.6 Å². The summed E-state index contributed by atoms with van der Waals surface area (Å²) in [6, 6.07) is 9.62. The second-order valence-corrected chi connectivity index (χ2v) is 7.40. The van der Waals surface area contributed by atoms with Crippen LogP contribution in [0.3, 0.4) is 0 Å². The minimum absolute atomic E-state index is 0.174. The molecule has 1 aromatic heterocycles. The number of primary amides is 1. The molecule has 1 saturated heterocycles. The molecule has 4 rings (SSSR count). The van der Waals surface area contributed by atoms with E-state index in [1.165, 1.54) is 0 Å². The molecule has 5 nitrogen and oxygen atoms in total. The molecule has 0 spiro atoms. The first-order chi connectivity index (χ1) is 12.0. The number of carbonyl (C=O) groups is 2. The Morgan fingerprint density at radius 3 is 2.52 bits per heavy atom. The summed E-state index contributed by atoms with van der Waals surface area (Å²) in [6.45, 7) is 3.60. The average molecular weight is 337 g/mol. The fourth-order valence-electron chi connectivity index (χ4n) is 3.91. The van der Waals surface area contributed by atoms with Gasteiger partial charge in [0.05, 0.1) is 16.8 Å². The Kier molecular flexibility index (Phi) is 3.94. The van der Waals surface area contributed by atoms with E-state index in [0.29, 0.717) is 17.4 Å². The summed E-state index contributed by atoms with van der Waals surface area (Å²) >= 11 is 0. The minimum atomic E-state index is -0.432. The van der Waals surface area contributed by atoms with Crippen LogP contribution in [0, 0.1) is 11.8 Å². The first-order valence-electron chi connectivity index (χ1n) is 9.03. The zero-order valence-corrected chi connectivity index (χ0v) is 14.4. The number of aromatic nitrogens is 1. The van der Waals surface area contributed by atoms with Crippen LogP contribution in [0.25, 0.3) is 10.9 Å². The first-order valence-corrected chi connectivity index (χ1v) is 9.03. The maximum absolute atomic E-state index is 12.4. The zero-order chi connectivity index (χ0) is 17.6. The highest BCUT2D eigenvalue weighted by Crippen LogP contribution is 2.40.